The van der Waals surface area contributed by atoms with Crippen LogP contribution in [0.25, 0.3) is 0 Å². The molecule has 0 amide bonds. The Morgan fingerprint density at radius 2 is 0.880 bits per heavy atom. The lowest BCUT2D eigenvalue weighted by molar-refractivity contribution is 1.15. The van der Waals surface area contributed by atoms with E-state index in [9.17, 15) is 0 Å². The van der Waals surface area contributed by atoms with Crippen molar-refractivity contribution in [1.29, 1.82) is 5.53 Å². The molecule has 118 valence electrons. The summed E-state index contributed by atoms with van der Waals surface area (Å²) in [4.78, 5) is 0. The van der Waals surface area contributed by atoms with E-state index in [1.807, 2.05) is 60.7 Å². The zero-order chi connectivity index (χ0) is 17.5. The molecule has 3 rings (SSSR count). The van der Waals surface area contributed by atoms with Crippen LogP contribution in [0, 0.1) is 29.2 Å². The molecule has 0 aliphatic carbocycles. The van der Waals surface area contributed by atoms with Gasteiger partial charge in [0.2, 0.25) is 0 Å². The average Bonchev–Trinajstić information content (AvgIpc) is 2.67. The van der Waals surface area contributed by atoms with Crippen molar-refractivity contribution in [2.75, 3.05) is 5.73 Å². The molecule has 3 nitrogen and oxygen atoms in total. The van der Waals surface area contributed by atoms with Crippen LogP contribution >= 0.6 is 0 Å². The number of hydrogen-bond donors (Lipinski definition) is 2. The summed E-state index contributed by atoms with van der Waals surface area (Å²) in [5, 5.41) is 3.37. The number of nitrogen functional groups attached to an aromatic ring is 1. The molecule has 3 aromatic rings. The maximum absolute atomic E-state index is 6.94. The molecule has 0 spiro atoms. The Hall–Kier alpha value is -3.82. The van der Waals surface area contributed by atoms with Crippen LogP contribution < -0.4 is 5.73 Å². The molecule has 0 aromatic heterocycles. The standard InChI is InChI=1S/C22H15N3/c23-21-13-9-19(10-14-21)7-5-17-1-3-18(4-2-17)6-8-20-11-15-22(25-24)16-12-20/h1-4,9-16,24H,23H2. The van der Waals surface area contributed by atoms with Gasteiger partial charge in [0.25, 0.3) is 0 Å². The van der Waals surface area contributed by atoms with Crippen molar-refractivity contribution in [2.45, 2.75) is 0 Å². The topological polar surface area (TPSA) is 62.2 Å². The van der Waals surface area contributed by atoms with Gasteiger partial charge in [0.15, 0.2) is 0 Å². The highest BCUT2D eigenvalue weighted by Gasteiger charge is 1.92. The van der Waals surface area contributed by atoms with Gasteiger partial charge in [-0.25, -0.2) is 5.53 Å². The third kappa shape index (κ3) is 4.58. The summed E-state index contributed by atoms with van der Waals surface area (Å²) in [5.41, 5.74) is 17.6. The molecule has 0 radical (unpaired) electrons. The summed E-state index contributed by atoms with van der Waals surface area (Å²) >= 11 is 0. The Morgan fingerprint density at radius 3 is 1.24 bits per heavy atom. The molecule has 3 heteroatoms. The normalized spacial score (nSPS) is 9.28. The Kier molecular flexibility index (Phi) is 4.90. The fourth-order valence-corrected chi connectivity index (χ4v) is 2.11. The van der Waals surface area contributed by atoms with E-state index in [2.05, 4.69) is 28.8 Å². The van der Waals surface area contributed by atoms with Gasteiger partial charge in [0.1, 0.15) is 0 Å². The maximum Gasteiger partial charge on any atom is 0.0850 e. The highest BCUT2D eigenvalue weighted by Crippen LogP contribution is 2.11. The predicted molar refractivity (Wildman–Crippen MR) is 101 cm³/mol. The first kappa shape index (κ1) is 16.1. The van der Waals surface area contributed by atoms with Crippen LogP contribution in [-0.4, -0.2) is 0 Å². The molecule has 0 heterocycles. The van der Waals surface area contributed by atoms with Crippen LogP contribution in [0.4, 0.5) is 11.4 Å². The van der Waals surface area contributed by atoms with Crippen LogP contribution in [0.1, 0.15) is 22.3 Å². The molecule has 3 aromatic carbocycles. The van der Waals surface area contributed by atoms with E-state index in [-0.39, 0.29) is 0 Å². The molecule has 0 atom stereocenters. The molecule has 0 aliphatic rings. The second kappa shape index (κ2) is 7.64. The van der Waals surface area contributed by atoms with Gasteiger partial charge in [-0.05, 0) is 72.8 Å². The Balaban J connectivity index is 1.71. The number of nitrogens with two attached hydrogens (primary N) is 1. The first-order valence-electron chi connectivity index (χ1n) is 7.70. The third-order valence-electron chi connectivity index (χ3n) is 3.49. The largest absolute Gasteiger partial charge is 0.399 e. The summed E-state index contributed by atoms with van der Waals surface area (Å²) in [6.07, 6.45) is 0. The van der Waals surface area contributed by atoms with Crippen LogP contribution in [-0.2, 0) is 0 Å². The molecular weight excluding hydrogens is 306 g/mol. The van der Waals surface area contributed by atoms with Crippen LogP contribution in [0.5, 0.6) is 0 Å². The molecular formula is C22H15N3. The van der Waals surface area contributed by atoms with E-state index in [1.54, 1.807) is 12.1 Å². The Labute approximate surface area is 147 Å². The zero-order valence-corrected chi connectivity index (χ0v) is 13.5. The number of nitrogens with one attached hydrogen (secondary N) is 1. The molecule has 0 fully saturated rings. The van der Waals surface area contributed by atoms with Crippen molar-refractivity contribution in [3.63, 3.8) is 0 Å². The summed E-state index contributed by atoms with van der Waals surface area (Å²) < 4.78 is 0. The number of anilines is 1. The number of nitrogens with zero attached hydrogens (tertiary/aromatic N) is 1. The van der Waals surface area contributed by atoms with Crippen molar-refractivity contribution in [1.82, 2.24) is 0 Å². The smallest absolute Gasteiger partial charge is 0.0850 e. The monoisotopic (exact) mass is 321 g/mol. The minimum Gasteiger partial charge on any atom is -0.399 e. The average molecular weight is 321 g/mol. The minimum atomic E-state index is 0.620. The lowest BCUT2D eigenvalue weighted by Gasteiger charge is -1.94. The fraction of sp³-hybridized carbons (Fsp3) is 0. The van der Waals surface area contributed by atoms with Gasteiger partial charge in [-0.15, -0.1) is 0 Å². The van der Waals surface area contributed by atoms with Crippen molar-refractivity contribution >= 4 is 11.4 Å². The van der Waals surface area contributed by atoms with Crippen molar-refractivity contribution in [3.05, 3.63) is 95.1 Å². The fourth-order valence-electron chi connectivity index (χ4n) is 2.11. The maximum atomic E-state index is 6.94. The van der Waals surface area contributed by atoms with Gasteiger partial charge in [0.05, 0.1) is 5.69 Å². The lowest BCUT2D eigenvalue weighted by Crippen LogP contribution is -1.83. The molecule has 25 heavy (non-hydrogen) atoms. The van der Waals surface area contributed by atoms with E-state index in [0.29, 0.717) is 5.69 Å². The second-order valence-corrected chi connectivity index (χ2v) is 5.36. The predicted octanol–water partition coefficient (Wildman–Crippen LogP) is 4.73. The minimum absolute atomic E-state index is 0.620. The molecule has 0 aliphatic heterocycles. The van der Waals surface area contributed by atoms with Crippen molar-refractivity contribution in [2.24, 2.45) is 5.11 Å². The van der Waals surface area contributed by atoms with E-state index in [1.165, 1.54) is 0 Å². The van der Waals surface area contributed by atoms with Gasteiger partial charge >= 0.3 is 0 Å². The van der Waals surface area contributed by atoms with E-state index in [4.69, 9.17) is 11.3 Å². The number of benzene rings is 3. The Morgan fingerprint density at radius 1 is 0.560 bits per heavy atom. The second-order valence-electron chi connectivity index (χ2n) is 5.36. The molecule has 0 bridgehead atoms. The van der Waals surface area contributed by atoms with E-state index >= 15 is 0 Å². The number of rotatable bonds is 1. The first-order valence-corrected chi connectivity index (χ1v) is 7.70. The first-order chi connectivity index (χ1) is 12.2. The van der Waals surface area contributed by atoms with Gasteiger partial charge < -0.3 is 5.73 Å². The molecule has 0 saturated heterocycles. The van der Waals surface area contributed by atoms with Crippen LogP contribution in [0.2, 0.25) is 0 Å². The van der Waals surface area contributed by atoms with Gasteiger partial charge in [0, 0.05) is 27.9 Å². The highest BCUT2D eigenvalue weighted by molar-refractivity contribution is 5.50. The van der Waals surface area contributed by atoms with Gasteiger partial charge in [-0.2, -0.15) is 5.11 Å². The third-order valence-corrected chi connectivity index (χ3v) is 3.49. The quantitative estimate of drug-likeness (QED) is 0.380. The highest BCUT2D eigenvalue weighted by atomic mass is 14.9. The SMILES string of the molecule is N=Nc1ccc(C#Cc2ccc(C#Cc3ccc(N)cc3)cc2)cc1. The molecule has 3 N–H and O–H groups in total. The van der Waals surface area contributed by atoms with Crippen LogP contribution in [0.15, 0.2) is 77.9 Å². The number of hydrogen-bond acceptors (Lipinski definition) is 3. The molecule has 0 unspecified atom stereocenters. The van der Waals surface area contributed by atoms with E-state index in [0.717, 1.165) is 27.9 Å². The zero-order valence-electron chi connectivity index (χ0n) is 13.5. The lowest BCUT2D eigenvalue weighted by atomic mass is 10.1. The van der Waals surface area contributed by atoms with E-state index < -0.39 is 0 Å². The summed E-state index contributed by atoms with van der Waals surface area (Å²) in [7, 11) is 0. The van der Waals surface area contributed by atoms with Crippen LogP contribution in [0.3, 0.4) is 0 Å². The summed E-state index contributed by atoms with van der Waals surface area (Å²) in [5.74, 6) is 12.4. The molecule has 0 saturated carbocycles. The summed E-state index contributed by atoms with van der Waals surface area (Å²) in [6, 6.07) is 22.6. The van der Waals surface area contributed by atoms with Crippen molar-refractivity contribution < 1.29 is 0 Å². The Bertz CT molecular complexity index is 992. The summed E-state index contributed by atoms with van der Waals surface area (Å²) in [6.45, 7) is 0. The van der Waals surface area contributed by atoms with Crippen molar-refractivity contribution in [3.8, 4) is 23.7 Å². The van der Waals surface area contributed by atoms with Gasteiger partial charge in [-0.3, -0.25) is 0 Å². The van der Waals surface area contributed by atoms with Gasteiger partial charge in [-0.1, -0.05) is 23.7 Å².